The van der Waals surface area contributed by atoms with Crippen LogP contribution >= 0.6 is 27.5 Å². The molecule has 0 amide bonds. The average molecular weight is 347 g/mol. The largest absolute Gasteiger partial charge is 0.389 e. The highest BCUT2D eigenvalue weighted by atomic mass is 79.9. The van der Waals surface area contributed by atoms with Crippen LogP contribution < -0.4 is 0 Å². The van der Waals surface area contributed by atoms with Crippen LogP contribution in [0.15, 0.2) is 22.7 Å². The van der Waals surface area contributed by atoms with Gasteiger partial charge in [-0.1, -0.05) is 40.5 Å². The standard InChI is InChI=1S/C15H21BrClNO/c1-2-18-8-3-6-15(19,7-9-18)11-12-4-5-13(16)10-14(12)17/h4-5,10,19H,2-3,6-9,11H2,1H3. The second-order valence-corrected chi connectivity index (χ2v) is 6.75. The summed E-state index contributed by atoms with van der Waals surface area (Å²) >= 11 is 9.67. The summed E-state index contributed by atoms with van der Waals surface area (Å²) in [5.41, 5.74) is 0.429. The van der Waals surface area contributed by atoms with E-state index in [1.807, 2.05) is 18.2 Å². The van der Waals surface area contributed by atoms with E-state index in [1.54, 1.807) is 0 Å². The first-order chi connectivity index (χ1) is 9.02. The molecule has 0 aromatic heterocycles. The lowest BCUT2D eigenvalue weighted by Crippen LogP contribution is -2.33. The Morgan fingerprint density at radius 1 is 1.37 bits per heavy atom. The lowest BCUT2D eigenvalue weighted by Gasteiger charge is -2.27. The molecule has 0 aliphatic carbocycles. The number of benzene rings is 1. The van der Waals surface area contributed by atoms with Gasteiger partial charge in [-0.2, -0.15) is 0 Å². The first-order valence-electron chi connectivity index (χ1n) is 6.91. The van der Waals surface area contributed by atoms with E-state index in [1.165, 1.54) is 0 Å². The van der Waals surface area contributed by atoms with Crippen LogP contribution in [0, 0.1) is 0 Å². The molecule has 1 aromatic carbocycles. The fourth-order valence-corrected chi connectivity index (χ4v) is 3.49. The summed E-state index contributed by atoms with van der Waals surface area (Å²) in [6.45, 7) is 5.30. The quantitative estimate of drug-likeness (QED) is 0.898. The van der Waals surface area contributed by atoms with E-state index in [0.717, 1.165) is 54.0 Å². The number of hydrogen-bond acceptors (Lipinski definition) is 2. The minimum absolute atomic E-state index is 0.610. The zero-order chi connectivity index (χ0) is 13.9. The van der Waals surface area contributed by atoms with Crippen LogP contribution in [0.25, 0.3) is 0 Å². The summed E-state index contributed by atoms with van der Waals surface area (Å²) in [5.74, 6) is 0. The Hall–Kier alpha value is -0.0900. The summed E-state index contributed by atoms with van der Waals surface area (Å²) < 4.78 is 0.978. The smallest absolute Gasteiger partial charge is 0.0701 e. The summed E-state index contributed by atoms with van der Waals surface area (Å²) in [5, 5.41) is 11.6. The molecule has 1 unspecified atom stereocenters. The molecular weight excluding hydrogens is 326 g/mol. The van der Waals surface area contributed by atoms with E-state index in [9.17, 15) is 5.11 Å². The van der Waals surface area contributed by atoms with Crippen LogP contribution in [0.4, 0.5) is 0 Å². The third-order valence-corrected chi connectivity index (χ3v) is 4.84. The van der Waals surface area contributed by atoms with E-state index in [-0.39, 0.29) is 0 Å². The second-order valence-electron chi connectivity index (χ2n) is 5.42. The summed E-state index contributed by atoms with van der Waals surface area (Å²) in [4.78, 5) is 2.40. The molecule has 1 heterocycles. The van der Waals surface area contributed by atoms with Crippen molar-refractivity contribution in [2.75, 3.05) is 19.6 Å². The molecule has 0 saturated carbocycles. The second kappa shape index (κ2) is 6.57. The zero-order valence-corrected chi connectivity index (χ0v) is 13.7. The van der Waals surface area contributed by atoms with Crippen molar-refractivity contribution >= 4 is 27.5 Å². The Bertz CT molecular complexity index is 440. The number of nitrogens with zero attached hydrogens (tertiary/aromatic N) is 1. The topological polar surface area (TPSA) is 23.5 Å². The minimum Gasteiger partial charge on any atom is -0.389 e. The van der Waals surface area contributed by atoms with Gasteiger partial charge in [-0.05, 0) is 50.0 Å². The maximum absolute atomic E-state index is 10.8. The van der Waals surface area contributed by atoms with Crippen molar-refractivity contribution in [3.8, 4) is 0 Å². The molecule has 2 rings (SSSR count). The van der Waals surface area contributed by atoms with E-state index in [4.69, 9.17) is 11.6 Å². The van der Waals surface area contributed by atoms with Gasteiger partial charge in [0.1, 0.15) is 0 Å². The first kappa shape index (κ1) is 15.3. The third kappa shape index (κ3) is 4.19. The Kier molecular flexibility index (Phi) is 5.29. The summed E-state index contributed by atoms with van der Waals surface area (Å²) in [6.07, 6.45) is 3.39. The predicted octanol–water partition coefficient (Wildman–Crippen LogP) is 3.88. The summed E-state index contributed by atoms with van der Waals surface area (Å²) in [6, 6.07) is 5.89. The number of likely N-dealkylation sites (tertiary alicyclic amines) is 1. The maximum atomic E-state index is 10.8. The van der Waals surface area contributed by atoms with Crippen LogP contribution in [-0.4, -0.2) is 35.2 Å². The van der Waals surface area contributed by atoms with Crippen molar-refractivity contribution in [2.45, 2.75) is 38.2 Å². The molecule has 1 atom stereocenters. The Labute approximate surface area is 128 Å². The third-order valence-electron chi connectivity index (χ3n) is 3.99. The number of rotatable bonds is 3. The van der Waals surface area contributed by atoms with Gasteiger partial charge in [-0.3, -0.25) is 0 Å². The van der Waals surface area contributed by atoms with E-state index in [0.29, 0.717) is 6.42 Å². The SMILES string of the molecule is CCN1CCCC(O)(Cc2ccc(Br)cc2Cl)CC1. The van der Waals surface area contributed by atoms with Crippen LogP contribution in [0.2, 0.25) is 5.02 Å². The highest BCUT2D eigenvalue weighted by molar-refractivity contribution is 9.10. The molecule has 1 aliphatic rings. The Morgan fingerprint density at radius 3 is 2.84 bits per heavy atom. The van der Waals surface area contributed by atoms with Gasteiger partial charge in [0.15, 0.2) is 0 Å². The van der Waals surface area contributed by atoms with Crippen LogP contribution in [-0.2, 0) is 6.42 Å². The fraction of sp³-hybridized carbons (Fsp3) is 0.600. The Morgan fingerprint density at radius 2 is 2.16 bits per heavy atom. The molecule has 2 nitrogen and oxygen atoms in total. The van der Waals surface area contributed by atoms with Gasteiger partial charge < -0.3 is 10.0 Å². The first-order valence-corrected chi connectivity index (χ1v) is 8.08. The number of aliphatic hydroxyl groups is 1. The maximum Gasteiger partial charge on any atom is 0.0701 e. The van der Waals surface area contributed by atoms with Gasteiger partial charge >= 0.3 is 0 Å². The molecule has 0 spiro atoms. The van der Waals surface area contributed by atoms with Gasteiger partial charge in [0.2, 0.25) is 0 Å². The van der Waals surface area contributed by atoms with E-state index < -0.39 is 5.60 Å². The van der Waals surface area contributed by atoms with Gasteiger partial charge in [0, 0.05) is 22.5 Å². The highest BCUT2D eigenvalue weighted by Crippen LogP contribution is 2.30. The summed E-state index contributed by atoms with van der Waals surface area (Å²) in [7, 11) is 0. The van der Waals surface area contributed by atoms with Crippen molar-refractivity contribution in [2.24, 2.45) is 0 Å². The van der Waals surface area contributed by atoms with Crippen molar-refractivity contribution in [3.05, 3.63) is 33.3 Å². The van der Waals surface area contributed by atoms with Gasteiger partial charge in [0.05, 0.1) is 5.60 Å². The molecule has 106 valence electrons. The molecule has 1 aliphatic heterocycles. The molecule has 19 heavy (non-hydrogen) atoms. The molecule has 1 fully saturated rings. The molecule has 1 N–H and O–H groups in total. The van der Waals surface area contributed by atoms with Gasteiger partial charge in [0.25, 0.3) is 0 Å². The lowest BCUT2D eigenvalue weighted by atomic mass is 9.88. The molecular formula is C15H21BrClNO. The van der Waals surface area contributed by atoms with Crippen molar-refractivity contribution in [3.63, 3.8) is 0 Å². The van der Waals surface area contributed by atoms with Crippen LogP contribution in [0.1, 0.15) is 31.7 Å². The average Bonchev–Trinajstić information content (AvgIpc) is 2.55. The number of halogens is 2. The fourth-order valence-electron chi connectivity index (χ4n) is 2.75. The monoisotopic (exact) mass is 345 g/mol. The minimum atomic E-state index is -0.610. The molecule has 0 radical (unpaired) electrons. The number of hydrogen-bond donors (Lipinski definition) is 1. The van der Waals surface area contributed by atoms with Crippen LogP contribution in [0.3, 0.4) is 0 Å². The normalized spacial score (nSPS) is 25.3. The van der Waals surface area contributed by atoms with Gasteiger partial charge in [-0.25, -0.2) is 0 Å². The highest BCUT2D eigenvalue weighted by Gasteiger charge is 2.30. The van der Waals surface area contributed by atoms with E-state index in [2.05, 4.69) is 27.8 Å². The molecule has 0 bridgehead atoms. The molecule has 4 heteroatoms. The Balaban J connectivity index is 2.08. The van der Waals surface area contributed by atoms with Crippen molar-refractivity contribution in [1.29, 1.82) is 0 Å². The van der Waals surface area contributed by atoms with Crippen molar-refractivity contribution < 1.29 is 5.11 Å². The predicted molar refractivity (Wildman–Crippen MR) is 83.8 cm³/mol. The van der Waals surface area contributed by atoms with Crippen molar-refractivity contribution in [1.82, 2.24) is 4.90 Å². The lowest BCUT2D eigenvalue weighted by molar-refractivity contribution is 0.0258. The zero-order valence-electron chi connectivity index (χ0n) is 11.3. The van der Waals surface area contributed by atoms with E-state index >= 15 is 0 Å². The molecule has 1 aromatic rings. The molecule has 1 saturated heterocycles. The van der Waals surface area contributed by atoms with Gasteiger partial charge in [-0.15, -0.1) is 0 Å². The van der Waals surface area contributed by atoms with Crippen LogP contribution in [0.5, 0.6) is 0 Å².